The van der Waals surface area contributed by atoms with Gasteiger partial charge in [-0.3, -0.25) is 10.1 Å². The third-order valence-corrected chi connectivity index (χ3v) is 2.39. The highest BCUT2D eigenvalue weighted by Gasteiger charge is 2.11. The maximum absolute atomic E-state index is 10.9. The highest BCUT2D eigenvalue weighted by molar-refractivity contribution is 5.56. The van der Waals surface area contributed by atoms with Gasteiger partial charge < -0.3 is 15.2 Å². The smallest absolute Gasteiger partial charge is 0.275 e. The number of ether oxygens (including phenoxy) is 1. The van der Waals surface area contributed by atoms with E-state index in [0.29, 0.717) is 24.4 Å². The van der Waals surface area contributed by atoms with Crippen LogP contribution in [0, 0.1) is 10.1 Å². The van der Waals surface area contributed by atoms with Crippen LogP contribution in [0.5, 0.6) is 5.75 Å². The van der Waals surface area contributed by atoms with E-state index in [2.05, 4.69) is 5.32 Å². The monoisotopic (exact) mass is 268 g/mol. The maximum atomic E-state index is 10.9. The van der Waals surface area contributed by atoms with E-state index in [0.717, 1.165) is 6.42 Å². The molecule has 1 rings (SSSR count). The molecule has 0 saturated carbocycles. The summed E-state index contributed by atoms with van der Waals surface area (Å²) in [6, 6.07) is 4.64. The summed E-state index contributed by atoms with van der Waals surface area (Å²) >= 11 is 0. The molecule has 0 aromatic heterocycles. The number of aliphatic hydroxyl groups is 1. The molecule has 0 aliphatic heterocycles. The lowest BCUT2D eigenvalue weighted by Gasteiger charge is -2.12. The summed E-state index contributed by atoms with van der Waals surface area (Å²) in [5, 5.41) is 22.6. The number of anilines is 1. The number of aliphatic hydroxyl groups excluding tert-OH is 1. The van der Waals surface area contributed by atoms with Crippen molar-refractivity contribution in [2.75, 3.05) is 18.5 Å². The van der Waals surface area contributed by atoms with Crippen LogP contribution in [0.4, 0.5) is 11.4 Å². The molecule has 0 atom stereocenters. The topological polar surface area (TPSA) is 84.6 Å². The number of non-ortho nitro benzene ring substituents is 1. The van der Waals surface area contributed by atoms with E-state index in [1.165, 1.54) is 12.1 Å². The SMILES string of the molecule is CC(C)Oc1cc(NCCCCO)cc([N+](=O)[O-])c1. The third-order valence-electron chi connectivity index (χ3n) is 2.39. The Kier molecular flexibility index (Phi) is 6.08. The van der Waals surface area contributed by atoms with Gasteiger partial charge in [0.1, 0.15) is 5.75 Å². The van der Waals surface area contributed by atoms with Crippen LogP contribution < -0.4 is 10.1 Å². The van der Waals surface area contributed by atoms with Gasteiger partial charge in [0, 0.05) is 31.0 Å². The van der Waals surface area contributed by atoms with E-state index in [4.69, 9.17) is 9.84 Å². The van der Waals surface area contributed by atoms with Crippen LogP contribution in [0.2, 0.25) is 0 Å². The first-order chi connectivity index (χ1) is 9.02. The van der Waals surface area contributed by atoms with Crippen LogP contribution in [-0.2, 0) is 0 Å². The molecule has 1 aromatic rings. The minimum absolute atomic E-state index is 0.00260. The normalized spacial score (nSPS) is 10.5. The largest absolute Gasteiger partial charge is 0.491 e. The lowest BCUT2D eigenvalue weighted by atomic mass is 10.2. The number of nitrogens with zero attached hydrogens (tertiary/aromatic N) is 1. The van der Waals surface area contributed by atoms with E-state index in [-0.39, 0.29) is 18.4 Å². The van der Waals surface area contributed by atoms with Crippen LogP contribution >= 0.6 is 0 Å². The van der Waals surface area contributed by atoms with Crippen molar-refractivity contribution in [2.45, 2.75) is 32.8 Å². The minimum Gasteiger partial charge on any atom is -0.491 e. The molecular weight excluding hydrogens is 248 g/mol. The quantitative estimate of drug-likeness (QED) is 0.430. The van der Waals surface area contributed by atoms with Gasteiger partial charge in [0.25, 0.3) is 5.69 Å². The third kappa shape index (κ3) is 5.56. The zero-order valence-corrected chi connectivity index (χ0v) is 11.3. The van der Waals surface area contributed by atoms with Crippen LogP contribution in [0.15, 0.2) is 18.2 Å². The number of hydrogen-bond donors (Lipinski definition) is 2. The molecular formula is C13H20N2O4. The lowest BCUT2D eigenvalue weighted by molar-refractivity contribution is -0.384. The first kappa shape index (κ1) is 15.2. The van der Waals surface area contributed by atoms with Crippen LogP contribution in [-0.4, -0.2) is 29.3 Å². The molecule has 0 radical (unpaired) electrons. The second-order valence-electron chi connectivity index (χ2n) is 4.50. The second-order valence-corrected chi connectivity index (χ2v) is 4.50. The van der Waals surface area contributed by atoms with E-state index < -0.39 is 4.92 Å². The summed E-state index contributed by atoms with van der Waals surface area (Å²) in [4.78, 5) is 10.4. The highest BCUT2D eigenvalue weighted by Crippen LogP contribution is 2.26. The fourth-order valence-electron chi connectivity index (χ4n) is 1.60. The van der Waals surface area contributed by atoms with Gasteiger partial charge in [0.2, 0.25) is 0 Å². The van der Waals surface area contributed by atoms with Crippen molar-refractivity contribution in [3.8, 4) is 5.75 Å². The Bertz CT molecular complexity index is 421. The van der Waals surface area contributed by atoms with Crippen molar-refractivity contribution in [1.29, 1.82) is 0 Å². The predicted octanol–water partition coefficient (Wildman–Crippen LogP) is 2.57. The average molecular weight is 268 g/mol. The number of nitrogens with one attached hydrogen (secondary N) is 1. The molecule has 106 valence electrons. The van der Waals surface area contributed by atoms with Gasteiger partial charge in [0.15, 0.2) is 0 Å². The fourth-order valence-corrected chi connectivity index (χ4v) is 1.60. The molecule has 2 N–H and O–H groups in total. The number of hydrogen-bond acceptors (Lipinski definition) is 5. The van der Waals surface area contributed by atoms with Gasteiger partial charge in [-0.15, -0.1) is 0 Å². The maximum Gasteiger partial charge on any atom is 0.275 e. The summed E-state index contributed by atoms with van der Waals surface area (Å²) in [6.07, 6.45) is 1.47. The van der Waals surface area contributed by atoms with Crippen molar-refractivity contribution in [3.63, 3.8) is 0 Å². The first-order valence-electron chi connectivity index (χ1n) is 6.34. The van der Waals surface area contributed by atoms with Crippen molar-refractivity contribution < 1.29 is 14.8 Å². The van der Waals surface area contributed by atoms with Gasteiger partial charge in [-0.05, 0) is 26.7 Å². The fraction of sp³-hybridized carbons (Fsp3) is 0.538. The molecule has 1 aromatic carbocycles. The molecule has 0 aliphatic carbocycles. The van der Waals surface area contributed by atoms with Crippen LogP contribution in [0.1, 0.15) is 26.7 Å². The molecule has 0 spiro atoms. The second kappa shape index (κ2) is 7.58. The first-order valence-corrected chi connectivity index (χ1v) is 6.34. The van der Waals surface area contributed by atoms with Crippen molar-refractivity contribution >= 4 is 11.4 Å². The van der Waals surface area contributed by atoms with E-state index >= 15 is 0 Å². The molecule has 0 amide bonds. The van der Waals surface area contributed by atoms with Crippen LogP contribution in [0.25, 0.3) is 0 Å². The zero-order valence-electron chi connectivity index (χ0n) is 11.3. The summed E-state index contributed by atoms with van der Waals surface area (Å²) in [6.45, 7) is 4.54. The molecule has 0 fully saturated rings. The molecule has 19 heavy (non-hydrogen) atoms. The zero-order chi connectivity index (χ0) is 14.3. The van der Waals surface area contributed by atoms with E-state index in [1.54, 1.807) is 6.07 Å². The Morgan fingerprint density at radius 1 is 1.37 bits per heavy atom. The average Bonchev–Trinajstić information content (AvgIpc) is 2.33. The molecule has 0 aliphatic rings. The molecule has 6 heteroatoms. The van der Waals surface area contributed by atoms with E-state index in [1.807, 2.05) is 13.8 Å². The van der Waals surface area contributed by atoms with Crippen molar-refractivity contribution in [3.05, 3.63) is 28.3 Å². The number of nitro benzene ring substituents is 1. The summed E-state index contributed by atoms with van der Waals surface area (Å²) < 4.78 is 5.49. The summed E-state index contributed by atoms with van der Waals surface area (Å²) in [5.41, 5.74) is 0.658. The Labute approximate surface area is 112 Å². The summed E-state index contributed by atoms with van der Waals surface area (Å²) in [7, 11) is 0. The molecule has 0 heterocycles. The standard InChI is InChI=1S/C13H20N2O4/c1-10(2)19-13-8-11(14-5-3-4-6-16)7-12(9-13)15(17)18/h7-10,14,16H,3-6H2,1-2H3. The molecule has 6 nitrogen and oxygen atoms in total. The van der Waals surface area contributed by atoms with Gasteiger partial charge >= 0.3 is 0 Å². The van der Waals surface area contributed by atoms with Crippen molar-refractivity contribution in [1.82, 2.24) is 0 Å². The van der Waals surface area contributed by atoms with Crippen molar-refractivity contribution in [2.24, 2.45) is 0 Å². The number of benzene rings is 1. The Morgan fingerprint density at radius 2 is 2.11 bits per heavy atom. The summed E-state index contributed by atoms with van der Waals surface area (Å²) in [5.74, 6) is 0.480. The van der Waals surface area contributed by atoms with Gasteiger partial charge in [-0.25, -0.2) is 0 Å². The molecule has 0 saturated heterocycles. The van der Waals surface area contributed by atoms with Gasteiger partial charge in [-0.2, -0.15) is 0 Å². The lowest BCUT2D eigenvalue weighted by Crippen LogP contribution is -2.07. The Hall–Kier alpha value is -1.82. The number of unbranched alkanes of at least 4 members (excludes halogenated alkanes) is 1. The predicted molar refractivity (Wildman–Crippen MR) is 73.7 cm³/mol. The van der Waals surface area contributed by atoms with Crippen LogP contribution in [0.3, 0.4) is 0 Å². The molecule has 0 unspecified atom stereocenters. The number of nitro groups is 1. The Balaban J connectivity index is 2.78. The number of rotatable bonds is 8. The minimum atomic E-state index is -0.438. The molecule has 0 bridgehead atoms. The van der Waals surface area contributed by atoms with Gasteiger partial charge in [0.05, 0.1) is 17.1 Å². The van der Waals surface area contributed by atoms with Gasteiger partial charge in [-0.1, -0.05) is 0 Å². The highest BCUT2D eigenvalue weighted by atomic mass is 16.6. The Morgan fingerprint density at radius 3 is 2.68 bits per heavy atom. The van der Waals surface area contributed by atoms with E-state index in [9.17, 15) is 10.1 Å².